The molecule has 0 saturated heterocycles. The number of carbonyl (C=O) groups is 1. The first kappa shape index (κ1) is 15.5. The molecule has 0 unspecified atom stereocenters. The number of unbranched alkanes of at least 4 members (excludes halogenated alkanes) is 5. The highest BCUT2D eigenvalue weighted by Crippen LogP contribution is 2.11. The molecule has 0 aliphatic rings. The SMILES string of the molecule is CCCCCCCCC(=O)C=Ic1ccccc1. The van der Waals surface area contributed by atoms with Crippen molar-refractivity contribution in [3.05, 3.63) is 33.9 Å². The lowest BCUT2D eigenvalue weighted by molar-refractivity contribution is -0.112. The molecule has 1 aromatic rings. The second-order valence-electron chi connectivity index (χ2n) is 4.50. The van der Waals surface area contributed by atoms with Gasteiger partial charge in [-0.05, 0) is 18.6 Å². The predicted molar refractivity (Wildman–Crippen MR) is 88.2 cm³/mol. The molecule has 0 bridgehead atoms. The van der Waals surface area contributed by atoms with E-state index in [1.54, 1.807) is 0 Å². The van der Waals surface area contributed by atoms with Crippen LogP contribution in [0.3, 0.4) is 0 Å². The number of ketones is 1. The van der Waals surface area contributed by atoms with E-state index in [-0.39, 0.29) is 20.7 Å². The number of carbonyl (C=O) groups excluding carboxylic acids is 1. The maximum Gasteiger partial charge on any atom is 0.161 e. The van der Waals surface area contributed by atoms with Crippen LogP contribution in [0.4, 0.5) is 0 Å². The van der Waals surface area contributed by atoms with E-state index >= 15 is 0 Å². The van der Waals surface area contributed by atoms with Gasteiger partial charge in [0.05, 0.1) is 0 Å². The fourth-order valence-electron chi connectivity index (χ4n) is 1.75. The zero-order valence-corrected chi connectivity index (χ0v) is 13.4. The molecule has 0 aromatic heterocycles. The third-order valence-corrected chi connectivity index (χ3v) is 5.26. The number of halogens is 1. The molecule has 0 atom stereocenters. The molecular weight excluding hydrogens is 335 g/mol. The lowest BCUT2D eigenvalue weighted by atomic mass is 10.1. The molecule has 1 rings (SSSR count). The van der Waals surface area contributed by atoms with Crippen LogP contribution in [0.2, 0.25) is 0 Å². The molecule has 0 spiro atoms. The molecule has 0 heterocycles. The Morgan fingerprint density at radius 2 is 1.72 bits per heavy atom. The van der Waals surface area contributed by atoms with E-state index in [4.69, 9.17) is 0 Å². The van der Waals surface area contributed by atoms with E-state index in [1.807, 2.05) is 22.2 Å². The fraction of sp³-hybridized carbons (Fsp3) is 0.500. The molecule has 2 heteroatoms. The van der Waals surface area contributed by atoms with Crippen LogP contribution >= 0.6 is 20.7 Å². The standard InChI is InChI=1S/C16H23IO/c1-2-3-4-5-6-10-13-16(18)14-17-15-11-8-7-9-12-15/h7-9,11-12,14H,2-6,10,13H2,1H3. The summed E-state index contributed by atoms with van der Waals surface area (Å²) in [4.78, 5) is 11.7. The smallest absolute Gasteiger partial charge is 0.161 e. The lowest BCUT2D eigenvalue weighted by Gasteiger charge is -1.98. The summed E-state index contributed by atoms with van der Waals surface area (Å²) in [6.07, 6.45) is 8.26. The van der Waals surface area contributed by atoms with E-state index in [9.17, 15) is 4.79 Å². The van der Waals surface area contributed by atoms with Gasteiger partial charge in [0.25, 0.3) is 0 Å². The normalized spacial score (nSPS) is 11.4. The van der Waals surface area contributed by atoms with Crippen molar-refractivity contribution in [1.82, 2.24) is 0 Å². The molecule has 1 aromatic carbocycles. The zero-order chi connectivity index (χ0) is 13.1. The quantitative estimate of drug-likeness (QED) is 0.451. The van der Waals surface area contributed by atoms with Gasteiger partial charge in [-0.15, -0.1) is 0 Å². The summed E-state index contributed by atoms with van der Waals surface area (Å²) in [6, 6.07) is 10.3. The Hall–Kier alpha value is -0.510. The van der Waals surface area contributed by atoms with Crippen molar-refractivity contribution in [2.75, 3.05) is 0 Å². The molecule has 1 nitrogen and oxygen atoms in total. The molecular formula is C16H23IO. The molecule has 0 saturated carbocycles. The predicted octanol–water partition coefficient (Wildman–Crippen LogP) is 4.95. The van der Waals surface area contributed by atoms with Crippen molar-refractivity contribution in [3.8, 4) is 0 Å². The summed E-state index contributed by atoms with van der Waals surface area (Å²) in [6.45, 7) is 2.23. The Balaban J connectivity index is 2.12. The highest BCUT2D eigenvalue weighted by Gasteiger charge is 1.97. The van der Waals surface area contributed by atoms with Crippen LogP contribution < -0.4 is 0 Å². The van der Waals surface area contributed by atoms with Gasteiger partial charge >= 0.3 is 0 Å². The minimum atomic E-state index is -0.220. The van der Waals surface area contributed by atoms with E-state index in [0.717, 1.165) is 12.8 Å². The van der Waals surface area contributed by atoms with Crippen LogP contribution in [-0.4, -0.2) is 9.79 Å². The van der Waals surface area contributed by atoms with Gasteiger partial charge < -0.3 is 0 Å². The Morgan fingerprint density at radius 3 is 2.44 bits per heavy atom. The van der Waals surface area contributed by atoms with Crippen LogP contribution in [0.15, 0.2) is 30.3 Å². The van der Waals surface area contributed by atoms with Gasteiger partial charge in [-0.2, -0.15) is 0 Å². The average molecular weight is 358 g/mol. The Bertz CT molecular complexity index is 357. The Morgan fingerprint density at radius 1 is 1.06 bits per heavy atom. The van der Waals surface area contributed by atoms with Gasteiger partial charge in [0.15, 0.2) is 5.78 Å². The minimum Gasteiger partial charge on any atom is -0.294 e. The molecule has 0 amide bonds. The summed E-state index contributed by atoms with van der Waals surface area (Å²) in [5.74, 6) is 0.349. The fourth-order valence-corrected chi connectivity index (χ4v) is 3.59. The first-order valence-corrected chi connectivity index (χ1v) is 9.20. The highest BCUT2D eigenvalue weighted by molar-refractivity contribution is 14.2. The Kier molecular flexibility index (Phi) is 9.00. The minimum absolute atomic E-state index is 0.220. The number of hydrogen-bond donors (Lipinski definition) is 0. The largest absolute Gasteiger partial charge is 0.294 e. The molecule has 0 radical (unpaired) electrons. The van der Waals surface area contributed by atoms with E-state index in [0.29, 0.717) is 5.78 Å². The van der Waals surface area contributed by atoms with Crippen LogP contribution in [0.1, 0.15) is 51.9 Å². The van der Waals surface area contributed by atoms with Crippen LogP contribution in [0.25, 0.3) is 0 Å². The van der Waals surface area contributed by atoms with Gasteiger partial charge in [0.1, 0.15) is 0 Å². The number of hydrogen-bond acceptors (Lipinski definition) is 1. The van der Waals surface area contributed by atoms with Crippen molar-refractivity contribution in [2.45, 2.75) is 51.9 Å². The number of benzene rings is 1. The summed E-state index contributed by atoms with van der Waals surface area (Å²) in [5.41, 5.74) is 0. The van der Waals surface area contributed by atoms with Gasteiger partial charge in [0, 0.05) is 14.0 Å². The van der Waals surface area contributed by atoms with Crippen LogP contribution in [0, 0.1) is 3.57 Å². The van der Waals surface area contributed by atoms with Crippen LogP contribution in [0.5, 0.6) is 0 Å². The van der Waals surface area contributed by atoms with E-state index < -0.39 is 0 Å². The number of rotatable bonds is 9. The third-order valence-electron chi connectivity index (χ3n) is 2.81. The molecule has 0 aliphatic heterocycles. The maximum absolute atomic E-state index is 11.7. The van der Waals surface area contributed by atoms with Crippen molar-refractivity contribution < 1.29 is 4.79 Å². The first-order valence-electron chi connectivity index (χ1n) is 6.87. The van der Waals surface area contributed by atoms with E-state index in [2.05, 4.69) is 19.1 Å². The maximum atomic E-state index is 11.7. The topological polar surface area (TPSA) is 17.1 Å². The monoisotopic (exact) mass is 358 g/mol. The van der Waals surface area contributed by atoms with Gasteiger partial charge in [-0.1, -0.05) is 78.0 Å². The summed E-state index contributed by atoms with van der Waals surface area (Å²) >= 11 is -0.220. The molecule has 18 heavy (non-hydrogen) atoms. The number of Topliss-reactive ketones (excluding diaryl/α,β-unsaturated/α-hetero) is 1. The summed E-state index contributed by atoms with van der Waals surface area (Å²) in [5, 5.41) is 0. The van der Waals surface area contributed by atoms with Crippen molar-refractivity contribution in [3.63, 3.8) is 0 Å². The zero-order valence-electron chi connectivity index (χ0n) is 11.2. The van der Waals surface area contributed by atoms with Gasteiger partial charge in [-0.3, -0.25) is 4.79 Å². The summed E-state index contributed by atoms with van der Waals surface area (Å²) in [7, 11) is 0. The van der Waals surface area contributed by atoms with Gasteiger partial charge in [-0.25, -0.2) is 0 Å². The summed E-state index contributed by atoms with van der Waals surface area (Å²) < 4.78 is 3.27. The second-order valence-corrected chi connectivity index (χ2v) is 6.99. The van der Waals surface area contributed by atoms with Gasteiger partial charge in [0.2, 0.25) is 0 Å². The molecule has 0 fully saturated rings. The van der Waals surface area contributed by atoms with Crippen molar-refractivity contribution in [2.24, 2.45) is 0 Å². The van der Waals surface area contributed by atoms with Crippen molar-refractivity contribution >= 4 is 30.5 Å². The third kappa shape index (κ3) is 7.75. The average Bonchev–Trinajstić information content (AvgIpc) is 2.41. The molecule has 100 valence electrons. The van der Waals surface area contributed by atoms with E-state index in [1.165, 1.54) is 35.7 Å². The van der Waals surface area contributed by atoms with Crippen LogP contribution in [-0.2, 0) is 4.79 Å². The molecule has 0 N–H and O–H groups in total. The molecule has 0 aliphatic carbocycles. The Labute approximate surface area is 121 Å². The second kappa shape index (κ2) is 10.4. The highest BCUT2D eigenvalue weighted by atomic mass is 127. The first-order chi connectivity index (χ1) is 8.83. The lowest BCUT2D eigenvalue weighted by Crippen LogP contribution is -1.97. The van der Waals surface area contributed by atoms with Crippen molar-refractivity contribution in [1.29, 1.82) is 0 Å².